The van der Waals surface area contributed by atoms with E-state index in [0.717, 1.165) is 0 Å². The quantitative estimate of drug-likeness (QED) is 0.856. The summed E-state index contributed by atoms with van der Waals surface area (Å²) in [6, 6.07) is 20.5. The number of nitrogens with two attached hydrogens (primary N) is 1. The SMILES string of the molecule is CC(C)(CNC(c1ccccc1)c1ccccc1)C(N)=O. The first-order valence-electron chi connectivity index (χ1n) is 7.14. The minimum atomic E-state index is -0.582. The Morgan fingerprint density at radius 1 is 1.00 bits per heavy atom. The topological polar surface area (TPSA) is 55.1 Å². The van der Waals surface area contributed by atoms with Crippen molar-refractivity contribution in [1.29, 1.82) is 0 Å². The predicted molar refractivity (Wildman–Crippen MR) is 85.7 cm³/mol. The van der Waals surface area contributed by atoms with E-state index in [9.17, 15) is 4.79 Å². The number of carbonyl (C=O) groups is 1. The van der Waals surface area contributed by atoms with Crippen LogP contribution in [-0.2, 0) is 4.79 Å². The number of primary amides is 1. The molecule has 110 valence electrons. The van der Waals surface area contributed by atoms with Crippen molar-refractivity contribution < 1.29 is 4.79 Å². The maximum absolute atomic E-state index is 11.5. The molecular formula is C18H22N2O. The summed E-state index contributed by atoms with van der Waals surface area (Å²) >= 11 is 0. The summed E-state index contributed by atoms with van der Waals surface area (Å²) in [7, 11) is 0. The number of hydrogen-bond donors (Lipinski definition) is 2. The lowest BCUT2D eigenvalue weighted by Gasteiger charge is -2.26. The number of hydrogen-bond acceptors (Lipinski definition) is 2. The van der Waals surface area contributed by atoms with E-state index in [1.807, 2.05) is 50.2 Å². The average molecular weight is 282 g/mol. The first-order valence-corrected chi connectivity index (χ1v) is 7.14. The number of amides is 1. The van der Waals surface area contributed by atoms with Gasteiger partial charge in [-0.05, 0) is 25.0 Å². The van der Waals surface area contributed by atoms with Gasteiger partial charge in [-0.25, -0.2) is 0 Å². The van der Waals surface area contributed by atoms with Crippen molar-refractivity contribution in [3.05, 3.63) is 71.8 Å². The van der Waals surface area contributed by atoms with E-state index in [-0.39, 0.29) is 11.9 Å². The van der Waals surface area contributed by atoms with Gasteiger partial charge in [0.15, 0.2) is 0 Å². The summed E-state index contributed by atoms with van der Waals surface area (Å²) < 4.78 is 0. The molecule has 3 nitrogen and oxygen atoms in total. The lowest BCUT2D eigenvalue weighted by atomic mass is 9.91. The van der Waals surface area contributed by atoms with E-state index in [2.05, 4.69) is 29.6 Å². The normalized spacial score (nSPS) is 11.6. The Kier molecular flexibility index (Phi) is 4.76. The van der Waals surface area contributed by atoms with Gasteiger partial charge in [-0.3, -0.25) is 4.79 Å². The number of nitrogens with one attached hydrogen (secondary N) is 1. The molecule has 2 rings (SSSR count). The first-order chi connectivity index (χ1) is 10.0. The van der Waals surface area contributed by atoms with Crippen LogP contribution in [0.25, 0.3) is 0 Å². The molecule has 3 N–H and O–H groups in total. The summed E-state index contributed by atoms with van der Waals surface area (Å²) in [6.07, 6.45) is 0. The second-order valence-corrected chi connectivity index (χ2v) is 5.88. The molecular weight excluding hydrogens is 260 g/mol. The van der Waals surface area contributed by atoms with Crippen molar-refractivity contribution in [2.24, 2.45) is 11.1 Å². The molecule has 0 spiro atoms. The van der Waals surface area contributed by atoms with Gasteiger partial charge in [0, 0.05) is 6.54 Å². The minimum Gasteiger partial charge on any atom is -0.369 e. The molecule has 0 bridgehead atoms. The highest BCUT2D eigenvalue weighted by Crippen LogP contribution is 2.23. The molecule has 0 aliphatic rings. The molecule has 0 unspecified atom stereocenters. The fourth-order valence-electron chi connectivity index (χ4n) is 2.16. The van der Waals surface area contributed by atoms with Crippen LogP contribution >= 0.6 is 0 Å². The highest BCUT2D eigenvalue weighted by molar-refractivity contribution is 5.80. The molecule has 0 radical (unpaired) electrons. The van der Waals surface area contributed by atoms with Crippen LogP contribution < -0.4 is 11.1 Å². The molecule has 0 saturated heterocycles. The van der Waals surface area contributed by atoms with Crippen molar-refractivity contribution in [2.45, 2.75) is 19.9 Å². The van der Waals surface area contributed by atoms with Crippen LogP contribution in [0.15, 0.2) is 60.7 Å². The van der Waals surface area contributed by atoms with Gasteiger partial charge in [0.2, 0.25) is 5.91 Å². The second-order valence-electron chi connectivity index (χ2n) is 5.88. The third-order valence-corrected chi connectivity index (χ3v) is 3.68. The van der Waals surface area contributed by atoms with E-state index < -0.39 is 5.41 Å². The van der Waals surface area contributed by atoms with Gasteiger partial charge in [0.05, 0.1) is 11.5 Å². The second kappa shape index (κ2) is 6.55. The van der Waals surface area contributed by atoms with E-state index in [0.29, 0.717) is 6.54 Å². The third kappa shape index (κ3) is 3.92. The zero-order valence-electron chi connectivity index (χ0n) is 12.5. The van der Waals surface area contributed by atoms with E-state index in [1.54, 1.807) is 0 Å². The monoisotopic (exact) mass is 282 g/mol. The van der Waals surface area contributed by atoms with Crippen LogP contribution in [0.1, 0.15) is 31.0 Å². The molecule has 0 atom stereocenters. The van der Waals surface area contributed by atoms with Gasteiger partial charge in [0.1, 0.15) is 0 Å². The standard InChI is InChI=1S/C18H22N2O/c1-18(2,17(19)21)13-20-16(14-9-5-3-6-10-14)15-11-7-4-8-12-15/h3-12,16,20H,13H2,1-2H3,(H2,19,21). The Labute approximate surface area is 126 Å². The molecule has 0 saturated carbocycles. The van der Waals surface area contributed by atoms with Crippen molar-refractivity contribution in [3.8, 4) is 0 Å². The minimum absolute atomic E-state index is 0.0472. The molecule has 2 aromatic rings. The summed E-state index contributed by atoms with van der Waals surface area (Å²) in [5.41, 5.74) is 7.21. The van der Waals surface area contributed by atoms with E-state index in [4.69, 9.17) is 5.73 Å². The molecule has 0 heterocycles. The van der Waals surface area contributed by atoms with Gasteiger partial charge in [-0.15, -0.1) is 0 Å². The van der Waals surface area contributed by atoms with Crippen LogP contribution in [0.4, 0.5) is 0 Å². The molecule has 0 aliphatic heterocycles. The van der Waals surface area contributed by atoms with Gasteiger partial charge in [-0.1, -0.05) is 60.7 Å². The Bertz CT molecular complexity index is 539. The van der Waals surface area contributed by atoms with Crippen LogP contribution in [-0.4, -0.2) is 12.5 Å². The Balaban J connectivity index is 2.24. The lowest BCUT2D eigenvalue weighted by Crippen LogP contribution is -2.41. The maximum Gasteiger partial charge on any atom is 0.224 e. The fourth-order valence-corrected chi connectivity index (χ4v) is 2.16. The van der Waals surface area contributed by atoms with E-state index >= 15 is 0 Å². The zero-order chi connectivity index (χ0) is 15.3. The van der Waals surface area contributed by atoms with Gasteiger partial charge in [-0.2, -0.15) is 0 Å². The molecule has 1 amide bonds. The Morgan fingerprint density at radius 2 is 1.43 bits per heavy atom. The molecule has 0 aliphatic carbocycles. The van der Waals surface area contributed by atoms with Gasteiger partial charge in [0.25, 0.3) is 0 Å². The Hall–Kier alpha value is -2.13. The lowest BCUT2D eigenvalue weighted by molar-refractivity contribution is -0.125. The molecule has 0 fully saturated rings. The average Bonchev–Trinajstić information content (AvgIpc) is 2.49. The number of benzene rings is 2. The third-order valence-electron chi connectivity index (χ3n) is 3.68. The number of rotatable bonds is 6. The zero-order valence-corrected chi connectivity index (χ0v) is 12.5. The molecule has 2 aromatic carbocycles. The highest BCUT2D eigenvalue weighted by Gasteiger charge is 2.26. The Morgan fingerprint density at radius 3 is 1.81 bits per heavy atom. The highest BCUT2D eigenvalue weighted by atomic mass is 16.1. The largest absolute Gasteiger partial charge is 0.369 e. The van der Waals surface area contributed by atoms with Gasteiger partial charge >= 0.3 is 0 Å². The summed E-state index contributed by atoms with van der Waals surface area (Å²) in [5, 5.41) is 3.47. The first kappa shape index (κ1) is 15.3. The van der Waals surface area contributed by atoms with Crippen LogP contribution in [0.5, 0.6) is 0 Å². The van der Waals surface area contributed by atoms with E-state index in [1.165, 1.54) is 11.1 Å². The maximum atomic E-state index is 11.5. The summed E-state index contributed by atoms with van der Waals surface area (Å²) in [5.74, 6) is -0.296. The fraction of sp³-hybridized carbons (Fsp3) is 0.278. The van der Waals surface area contributed by atoms with Crippen LogP contribution in [0.2, 0.25) is 0 Å². The smallest absolute Gasteiger partial charge is 0.224 e. The van der Waals surface area contributed by atoms with Crippen LogP contribution in [0.3, 0.4) is 0 Å². The van der Waals surface area contributed by atoms with Crippen molar-refractivity contribution in [1.82, 2.24) is 5.32 Å². The molecule has 0 aromatic heterocycles. The molecule has 21 heavy (non-hydrogen) atoms. The van der Waals surface area contributed by atoms with Gasteiger partial charge < -0.3 is 11.1 Å². The summed E-state index contributed by atoms with van der Waals surface area (Å²) in [6.45, 7) is 4.24. The predicted octanol–water partition coefficient (Wildman–Crippen LogP) is 2.88. The van der Waals surface area contributed by atoms with Crippen molar-refractivity contribution >= 4 is 5.91 Å². The van der Waals surface area contributed by atoms with Crippen molar-refractivity contribution in [2.75, 3.05) is 6.54 Å². The number of carbonyl (C=O) groups excluding carboxylic acids is 1. The van der Waals surface area contributed by atoms with Crippen LogP contribution in [0, 0.1) is 5.41 Å². The summed E-state index contributed by atoms with van der Waals surface area (Å²) in [4.78, 5) is 11.5. The van der Waals surface area contributed by atoms with Crippen molar-refractivity contribution in [3.63, 3.8) is 0 Å². The molecule has 3 heteroatoms.